The molecule has 0 aromatic heterocycles. The summed E-state index contributed by atoms with van der Waals surface area (Å²) >= 11 is 0. The minimum Gasteiger partial charge on any atom is -0.465 e. The van der Waals surface area contributed by atoms with Gasteiger partial charge in [-0.25, -0.2) is 0 Å². The highest BCUT2D eigenvalue weighted by atomic mass is 16.6. The van der Waals surface area contributed by atoms with Gasteiger partial charge in [0.15, 0.2) is 5.41 Å². The van der Waals surface area contributed by atoms with E-state index < -0.39 is 24.0 Å². The van der Waals surface area contributed by atoms with E-state index in [1.54, 1.807) is 13.8 Å². The van der Waals surface area contributed by atoms with Gasteiger partial charge in [0.2, 0.25) is 0 Å². The first-order valence-corrected chi connectivity index (χ1v) is 4.33. The molecule has 5 heteroatoms. The fourth-order valence-corrected chi connectivity index (χ4v) is 0.751. The monoisotopic (exact) mass is 203 g/mol. The SMILES string of the molecule is [CH2]C(CO)(C(=O)OCC)C(=O)OCC. The zero-order valence-corrected chi connectivity index (χ0v) is 8.41. The van der Waals surface area contributed by atoms with Gasteiger partial charge in [0.25, 0.3) is 0 Å². The van der Waals surface area contributed by atoms with Crippen molar-refractivity contribution >= 4 is 11.9 Å². The lowest BCUT2D eigenvalue weighted by molar-refractivity contribution is -0.170. The third-order valence-corrected chi connectivity index (χ3v) is 1.60. The van der Waals surface area contributed by atoms with Gasteiger partial charge < -0.3 is 14.6 Å². The molecule has 0 aliphatic carbocycles. The molecule has 1 N–H and O–H groups in total. The van der Waals surface area contributed by atoms with Gasteiger partial charge in [0.1, 0.15) is 0 Å². The fraction of sp³-hybridized carbons (Fsp3) is 0.667. The van der Waals surface area contributed by atoms with Gasteiger partial charge in [-0.15, -0.1) is 0 Å². The Labute approximate surface area is 83.0 Å². The van der Waals surface area contributed by atoms with Gasteiger partial charge in [-0.05, 0) is 20.8 Å². The molecule has 0 fully saturated rings. The van der Waals surface area contributed by atoms with Crippen LogP contribution in [-0.4, -0.2) is 36.9 Å². The van der Waals surface area contributed by atoms with Gasteiger partial charge in [-0.2, -0.15) is 0 Å². The summed E-state index contributed by atoms with van der Waals surface area (Å²) in [5.41, 5.74) is -1.86. The molecule has 81 valence electrons. The summed E-state index contributed by atoms with van der Waals surface area (Å²) in [5, 5.41) is 8.92. The van der Waals surface area contributed by atoms with E-state index in [2.05, 4.69) is 16.4 Å². The zero-order valence-electron chi connectivity index (χ0n) is 8.41. The maximum absolute atomic E-state index is 11.3. The van der Waals surface area contributed by atoms with E-state index in [0.29, 0.717) is 0 Å². The normalized spacial score (nSPS) is 10.9. The van der Waals surface area contributed by atoms with Gasteiger partial charge in [0, 0.05) is 0 Å². The van der Waals surface area contributed by atoms with Crippen molar-refractivity contribution in [2.75, 3.05) is 19.8 Å². The first kappa shape index (κ1) is 12.9. The number of hydrogen-bond acceptors (Lipinski definition) is 5. The van der Waals surface area contributed by atoms with Crippen LogP contribution in [0.2, 0.25) is 0 Å². The summed E-state index contributed by atoms with van der Waals surface area (Å²) in [4.78, 5) is 22.5. The van der Waals surface area contributed by atoms with Gasteiger partial charge in [0.05, 0.1) is 19.8 Å². The molecular weight excluding hydrogens is 188 g/mol. The molecule has 0 spiro atoms. The van der Waals surface area contributed by atoms with Crippen molar-refractivity contribution in [1.82, 2.24) is 0 Å². The van der Waals surface area contributed by atoms with Crippen LogP contribution in [0.25, 0.3) is 0 Å². The summed E-state index contributed by atoms with van der Waals surface area (Å²) in [7, 11) is 0. The molecule has 0 amide bonds. The molecule has 0 aliphatic heterocycles. The number of rotatable bonds is 5. The van der Waals surface area contributed by atoms with E-state index in [4.69, 9.17) is 5.11 Å². The summed E-state index contributed by atoms with van der Waals surface area (Å²) < 4.78 is 9.21. The van der Waals surface area contributed by atoms with Crippen LogP contribution in [-0.2, 0) is 19.1 Å². The Morgan fingerprint density at radius 3 is 1.79 bits per heavy atom. The van der Waals surface area contributed by atoms with E-state index in [-0.39, 0.29) is 13.2 Å². The Hall–Kier alpha value is -1.10. The second-order valence-electron chi connectivity index (χ2n) is 2.68. The fourth-order valence-electron chi connectivity index (χ4n) is 0.751. The molecule has 0 saturated carbocycles. The third kappa shape index (κ3) is 2.70. The zero-order chi connectivity index (χ0) is 11.2. The summed E-state index contributed by atoms with van der Waals surface area (Å²) in [6.07, 6.45) is 0. The van der Waals surface area contributed by atoms with E-state index in [1.807, 2.05) is 0 Å². The Kier molecular flexibility index (Phi) is 5.15. The molecule has 14 heavy (non-hydrogen) atoms. The number of ether oxygens (including phenoxy) is 2. The lowest BCUT2D eigenvalue weighted by atomic mass is 9.92. The van der Waals surface area contributed by atoms with Crippen molar-refractivity contribution in [1.29, 1.82) is 0 Å². The van der Waals surface area contributed by atoms with Crippen molar-refractivity contribution in [2.24, 2.45) is 5.41 Å². The number of carbonyl (C=O) groups is 2. The van der Waals surface area contributed by atoms with E-state index >= 15 is 0 Å². The number of esters is 2. The largest absolute Gasteiger partial charge is 0.465 e. The highest BCUT2D eigenvalue weighted by Crippen LogP contribution is 2.19. The lowest BCUT2D eigenvalue weighted by Gasteiger charge is -2.21. The van der Waals surface area contributed by atoms with Crippen LogP contribution in [0.5, 0.6) is 0 Å². The highest BCUT2D eigenvalue weighted by molar-refractivity contribution is 6.01. The molecule has 0 aromatic carbocycles. The Morgan fingerprint density at radius 1 is 1.21 bits per heavy atom. The standard InChI is InChI=1S/C9H15O5/c1-4-13-7(11)9(3,6-10)8(12)14-5-2/h10H,3-6H2,1-2H3. The van der Waals surface area contributed by atoms with E-state index in [0.717, 1.165) is 0 Å². The average Bonchev–Trinajstić information content (AvgIpc) is 2.17. The van der Waals surface area contributed by atoms with Gasteiger partial charge in [-0.1, -0.05) is 0 Å². The molecule has 0 aliphatic rings. The topological polar surface area (TPSA) is 72.8 Å². The van der Waals surface area contributed by atoms with Crippen molar-refractivity contribution in [2.45, 2.75) is 13.8 Å². The molecule has 0 rings (SSSR count). The lowest BCUT2D eigenvalue weighted by Crippen LogP contribution is -2.42. The number of aliphatic hydroxyl groups is 1. The summed E-state index contributed by atoms with van der Waals surface area (Å²) in [6.45, 7) is 6.03. The molecule has 0 aromatic rings. The first-order valence-electron chi connectivity index (χ1n) is 4.33. The average molecular weight is 203 g/mol. The van der Waals surface area contributed by atoms with Crippen LogP contribution in [0.3, 0.4) is 0 Å². The maximum Gasteiger partial charge on any atom is 0.325 e. The van der Waals surface area contributed by atoms with Crippen molar-refractivity contribution in [3.63, 3.8) is 0 Å². The third-order valence-electron chi connectivity index (χ3n) is 1.60. The van der Waals surface area contributed by atoms with Crippen LogP contribution in [0.4, 0.5) is 0 Å². The predicted octanol–water partition coefficient (Wildman–Crippen LogP) is -0.0746. The summed E-state index contributed by atoms with van der Waals surface area (Å²) in [6, 6.07) is 0. The Morgan fingerprint density at radius 2 is 1.57 bits per heavy atom. The quantitative estimate of drug-likeness (QED) is 0.500. The van der Waals surface area contributed by atoms with Crippen LogP contribution >= 0.6 is 0 Å². The second kappa shape index (κ2) is 5.59. The number of carbonyl (C=O) groups excluding carboxylic acids is 2. The summed E-state index contributed by atoms with van der Waals surface area (Å²) in [5.74, 6) is -1.75. The molecule has 0 heterocycles. The minimum atomic E-state index is -1.86. The molecular formula is C9H15O5. The van der Waals surface area contributed by atoms with Crippen LogP contribution in [0.15, 0.2) is 0 Å². The van der Waals surface area contributed by atoms with Crippen LogP contribution in [0, 0.1) is 12.3 Å². The van der Waals surface area contributed by atoms with Crippen molar-refractivity contribution in [3.8, 4) is 0 Å². The number of hydrogen-bond donors (Lipinski definition) is 1. The van der Waals surface area contributed by atoms with Crippen LogP contribution in [0.1, 0.15) is 13.8 Å². The van der Waals surface area contributed by atoms with Gasteiger partial charge in [-0.3, -0.25) is 9.59 Å². The van der Waals surface area contributed by atoms with Crippen molar-refractivity contribution < 1.29 is 24.2 Å². The van der Waals surface area contributed by atoms with Crippen LogP contribution < -0.4 is 0 Å². The maximum atomic E-state index is 11.3. The highest BCUT2D eigenvalue weighted by Gasteiger charge is 2.44. The second-order valence-corrected chi connectivity index (χ2v) is 2.68. The molecule has 0 unspecified atom stereocenters. The molecule has 0 bridgehead atoms. The smallest absolute Gasteiger partial charge is 0.325 e. The van der Waals surface area contributed by atoms with Crippen molar-refractivity contribution in [3.05, 3.63) is 6.92 Å². The predicted molar refractivity (Wildman–Crippen MR) is 48.1 cm³/mol. The van der Waals surface area contributed by atoms with Gasteiger partial charge >= 0.3 is 11.9 Å². The molecule has 5 nitrogen and oxygen atoms in total. The van der Waals surface area contributed by atoms with E-state index in [9.17, 15) is 9.59 Å². The minimum absolute atomic E-state index is 0.121. The number of aliphatic hydroxyl groups excluding tert-OH is 1. The molecule has 1 radical (unpaired) electrons. The molecule has 0 atom stereocenters. The Bertz CT molecular complexity index is 193. The molecule has 0 saturated heterocycles. The Balaban J connectivity index is 4.60. The first-order chi connectivity index (χ1) is 6.52. The van der Waals surface area contributed by atoms with E-state index in [1.165, 1.54) is 0 Å².